The number of aryl methyl sites for hydroxylation is 2. The Morgan fingerprint density at radius 3 is 3.10 bits per heavy atom. The fraction of sp³-hybridized carbons (Fsp3) is 0.500. The molecule has 2 aromatic rings. The maximum atomic E-state index is 12.5. The number of aromatic amines is 1. The highest BCUT2D eigenvalue weighted by atomic mass is 16.5. The number of ether oxygens (including phenoxy) is 1. The fourth-order valence-electron chi connectivity index (χ4n) is 2.38. The minimum Gasteiger partial charge on any atom is -0.469 e. The zero-order valence-corrected chi connectivity index (χ0v) is 12.1. The van der Waals surface area contributed by atoms with Gasteiger partial charge in [0.1, 0.15) is 17.7 Å². The van der Waals surface area contributed by atoms with Gasteiger partial charge in [0.25, 0.3) is 5.91 Å². The molecular formula is C14H18N4O3. The lowest BCUT2D eigenvalue weighted by atomic mass is 10.2. The zero-order chi connectivity index (χ0) is 14.8. The van der Waals surface area contributed by atoms with E-state index in [9.17, 15) is 4.79 Å². The lowest BCUT2D eigenvalue weighted by Crippen LogP contribution is -2.42. The minimum atomic E-state index is -0.286. The first kappa shape index (κ1) is 13.8. The number of nitrogens with zero attached hydrogens (tertiary/aromatic N) is 3. The molecule has 7 nitrogen and oxygen atoms in total. The van der Waals surface area contributed by atoms with Crippen molar-refractivity contribution in [2.45, 2.75) is 26.4 Å². The van der Waals surface area contributed by atoms with Gasteiger partial charge in [0.15, 0.2) is 5.82 Å². The molecule has 1 fully saturated rings. The molecule has 3 rings (SSSR count). The lowest BCUT2D eigenvalue weighted by Gasteiger charge is -2.31. The summed E-state index contributed by atoms with van der Waals surface area (Å²) in [6.45, 7) is 5.27. The van der Waals surface area contributed by atoms with Crippen molar-refractivity contribution >= 4 is 5.91 Å². The maximum absolute atomic E-state index is 12.5. The molecule has 0 unspecified atom stereocenters. The highest BCUT2D eigenvalue weighted by Crippen LogP contribution is 2.21. The number of hydrogen-bond donors (Lipinski definition) is 1. The molecule has 1 saturated heterocycles. The first-order valence-electron chi connectivity index (χ1n) is 7.05. The van der Waals surface area contributed by atoms with E-state index in [1.54, 1.807) is 17.9 Å². The van der Waals surface area contributed by atoms with Crippen LogP contribution in [0.4, 0.5) is 0 Å². The van der Waals surface area contributed by atoms with E-state index in [2.05, 4.69) is 15.2 Å². The van der Waals surface area contributed by atoms with Crippen molar-refractivity contribution in [2.24, 2.45) is 0 Å². The summed E-state index contributed by atoms with van der Waals surface area (Å²) < 4.78 is 10.9. The van der Waals surface area contributed by atoms with Crippen LogP contribution >= 0.6 is 0 Å². The van der Waals surface area contributed by atoms with Crippen molar-refractivity contribution in [1.82, 2.24) is 20.1 Å². The zero-order valence-electron chi connectivity index (χ0n) is 12.1. The summed E-state index contributed by atoms with van der Waals surface area (Å²) in [6.07, 6.45) is 2.03. The lowest BCUT2D eigenvalue weighted by molar-refractivity contribution is -0.0267. The molecule has 2 aromatic heterocycles. The van der Waals surface area contributed by atoms with Crippen LogP contribution in [0.5, 0.6) is 0 Å². The van der Waals surface area contributed by atoms with Crippen LogP contribution in [0.2, 0.25) is 0 Å². The van der Waals surface area contributed by atoms with Crippen LogP contribution in [-0.4, -0.2) is 45.7 Å². The highest BCUT2D eigenvalue weighted by molar-refractivity contribution is 5.95. The van der Waals surface area contributed by atoms with Crippen LogP contribution in [-0.2, 0) is 11.2 Å². The summed E-state index contributed by atoms with van der Waals surface area (Å²) in [6, 6.07) is 1.70. The molecule has 7 heteroatoms. The molecule has 1 aliphatic heterocycles. The first-order valence-corrected chi connectivity index (χ1v) is 7.05. The van der Waals surface area contributed by atoms with Gasteiger partial charge in [-0.3, -0.25) is 9.89 Å². The number of H-pyrrole nitrogens is 1. The summed E-state index contributed by atoms with van der Waals surface area (Å²) >= 11 is 0. The third-order valence-corrected chi connectivity index (χ3v) is 3.61. The van der Waals surface area contributed by atoms with E-state index >= 15 is 0 Å². The second-order valence-corrected chi connectivity index (χ2v) is 4.99. The van der Waals surface area contributed by atoms with Crippen molar-refractivity contribution in [1.29, 1.82) is 0 Å². The van der Waals surface area contributed by atoms with Crippen molar-refractivity contribution < 1.29 is 13.9 Å². The highest BCUT2D eigenvalue weighted by Gasteiger charge is 2.29. The molecule has 0 saturated carbocycles. The molecule has 0 radical (unpaired) electrons. The average molecular weight is 290 g/mol. The molecule has 0 aliphatic carbocycles. The minimum absolute atomic E-state index is 0.0409. The number of morpholine rings is 1. The molecule has 0 bridgehead atoms. The Morgan fingerprint density at radius 2 is 2.43 bits per heavy atom. The van der Waals surface area contributed by atoms with Gasteiger partial charge in [0.05, 0.1) is 25.0 Å². The molecule has 1 atom stereocenters. The second kappa shape index (κ2) is 5.69. The molecule has 0 spiro atoms. The van der Waals surface area contributed by atoms with Gasteiger partial charge in [0.2, 0.25) is 0 Å². The molecule has 112 valence electrons. The summed E-state index contributed by atoms with van der Waals surface area (Å²) in [4.78, 5) is 18.6. The van der Waals surface area contributed by atoms with E-state index in [-0.39, 0.29) is 12.0 Å². The molecule has 3 heterocycles. The topological polar surface area (TPSA) is 84.2 Å². The fourth-order valence-corrected chi connectivity index (χ4v) is 2.38. The summed E-state index contributed by atoms with van der Waals surface area (Å²) in [5, 5.41) is 7.04. The average Bonchev–Trinajstić information content (AvgIpc) is 3.15. The SMILES string of the molecule is CCc1nc([C@H]2CN(C(=O)c3ccoc3C)CCO2)n[nH]1. The van der Waals surface area contributed by atoms with Gasteiger partial charge >= 0.3 is 0 Å². The van der Waals surface area contributed by atoms with Gasteiger partial charge in [-0.15, -0.1) is 0 Å². The Labute approximate surface area is 122 Å². The normalized spacial score (nSPS) is 19.0. The Balaban J connectivity index is 1.74. The van der Waals surface area contributed by atoms with Gasteiger partial charge in [-0.05, 0) is 13.0 Å². The van der Waals surface area contributed by atoms with Crippen LogP contribution in [0.25, 0.3) is 0 Å². The van der Waals surface area contributed by atoms with Crippen LogP contribution < -0.4 is 0 Å². The van der Waals surface area contributed by atoms with E-state index in [1.807, 2.05) is 6.92 Å². The summed E-state index contributed by atoms with van der Waals surface area (Å²) in [5.41, 5.74) is 0.597. The summed E-state index contributed by atoms with van der Waals surface area (Å²) in [7, 11) is 0. The Kier molecular flexibility index (Phi) is 3.74. The predicted octanol–water partition coefficient (Wildman–Crippen LogP) is 1.48. The number of rotatable bonds is 3. The van der Waals surface area contributed by atoms with E-state index in [1.165, 1.54) is 6.26 Å². The van der Waals surface area contributed by atoms with Crippen molar-refractivity contribution in [3.63, 3.8) is 0 Å². The third kappa shape index (κ3) is 2.69. The van der Waals surface area contributed by atoms with Gasteiger partial charge in [-0.1, -0.05) is 6.92 Å². The monoisotopic (exact) mass is 290 g/mol. The molecule has 21 heavy (non-hydrogen) atoms. The number of amides is 1. The van der Waals surface area contributed by atoms with E-state index < -0.39 is 0 Å². The standard InChI is InChI=1S/C14H18N4O3/c1-3-12-15-13(17-16-12)11-8-18(5-7-21-11)14(19)10-4-6-20-9(10)2/h4,6,11H,3,5,7-8H2,1-2H3,(H,15,16,17)/t11-/m1/s1. The number of hydrogen-bond acceptors (Lipinski definition) is 5. The molecular weight excluding hydrogens is 272 g/mol. The van der Waals surface area contributed by atoms with E-state index in [0.29, 0.717) is 36.8 Å². The number of carbonyl (C=O) groups excluding carboxylic acids is 1. The first-order chi connectivity index (χ1) is 10.2. The molecule has 1 N–H and O–H groups in total. The molecule has 1 aliphatic rings. The van der Waals surface area contributed by atoms with Crippen LogP contribution in [0.3, 0.4) is 0 Å². The Morgan fingerprint density at radius 1 is 1.57 bits per heavy atom. The van der Waals surface area contributed by atoms with Crippen molar-refractivity contribution in [2.75, 3.05) is 19.7 Å². The number of carbonyl (C=O) groups is 1. The number of nitrogens with one attached hydrogen (secondary N) is 1. The smallest absolute Gasteiger partial charge is 0.257 e. The summed E-state index contributed by atoms with van der Waals surface area (Å²) in [5.74, 6) is 2.02. The number of aromatic nitrogens is 3. The number of furan rings is 1. The maximum Gasteiger partial charge on any atom is 0.257 e. The largest absolute Gasteiger partial charge is 0.469 e. The van der Waals surface area contributed by atoms with Crippen LogP contribution in [0.1, 0.15) is 40.8 Å². The third-order valence-electron chi connectivity index (χ3n) is 3.61. The molecule has 1 amide bonds. The van der Waals surface area contributed by atoms with Gasteiger partial charge in [-0.25, -0.2) is 4.98 Å². The Hall–Kier alpha value is -2.15. The van der Waals surface area contributed by atoms with Gasteiger partial charge in [-0.2, -0.15) is 5.10 Å². The van der Waals surface area contributed by atoms with Crippen LogP contribution in [0, 0.1) is 6.92 Å². The van der Waals surface area contributed by atoms with E-state index in [0.717, 1.165) is 12.2 Å². The molecule has 0 aromatic carbocycles. The quantitative estimate of drug-likeness (QED) is 0.925. The van der Waals surface area contributed by atoms with Crippen molar-refractivity contribution in [3.05, 3.63) is 35.3 Å². The van der Waals surface area contributed by atoms with Gasteiger partial charge < -0.3 is 14.1 Å². The van der Waals surface area contributed by atoms with E-state index in [4.69, 9.17) is 9.15 Å². The van der Waals surface area contributed by atoms with Crippen molar-refractivity contribution in [3.8, 4) is 0 Å². The predicted molar refractivity (Wildman–Crippen MR) is 73.8 cm³/mol. The Bertz CT molecular complexity index is 634. The van der Waals surface area contributed by atoms with Crippen LogP contribution in [0.15, 0.2) is 16.7 Å². The van der Waals surface area contributed by atoms with Gasteiger partial charge in [0, 0.05) is 13.0 Å². The second-order valence-electron chi connectivity index (χ2n) is 4.99.